The maximum Gasteiger partial charge on any atom is 0.317 e. The van der Waals surface area contributed by atoms with Gasteiger partial charge in [-0.15, -0.1) is 12.4 Å². The van der Waals surface area contributed by atoms with Crippen molar-refractivity contribution in [3.8, 4) is 0 Å². The Morgan fingerprint density at radius 3 is 1.94 bits per heavy atom. The smallest absolute Gasteiger partial charge is 0.317 e. The van der Waals surface area contributed by atoms with Crippen molar-refractivity contribution in [3.05, 3.63) is 0 Å². The minimum absolute atomic E-state index is 0. The Hall–Kier alpha value is -0.810. The molecule has 0 bridgehead atoms. The number of hydrogen-bond acceptors (Lipinski definition) is 3. The Balaban J connectivity index is 0.00000225. The van der Waals surface area contributed by atoms with Crippen molar-refractivity contribution in [3.63, 3.8) is 0 Å². The molecule has 4 N–H and O–H groups in total. The fraction of sp³-hybridized carbons (Fsp3) is 0.800. The van der Waals surface area contributed by atoms with Crippen LogP contribution in [0.4, 0.5) is 0 Å². The van der Waals surface area contributed by atoms with Gasteiger partial charge in [-0.3, -0.25) is 9.59 Å². The normalized spacial score (nSPS) is 24.9. The monoisotopic (exact) mass is 251 g/mol. The van der Waals surface area contributed by atoms with Gasteiger partial charge in [0.15, 0.2) is 5.92 Å². The first-order valence-electron chi connectivity index (χ1n) is 5.22. The van der Waals surface area contributed by atoms with Gasteiger partial charge in [-0.05, 0) is 38.0 Å². The highest BCUT2D eigenvalue weighted by Crippen LogP contribution is 2.28. The molecule has 1 rings (SSSR count). The van der Waals surface area contributed by atoms with Crippen LogP contribution in [0.15, 0.2) is 0 Å². The first-order valence-corrected chi connectivity index (χ1v) is 5.22. The van der Waals surface area contributed by atoms with E-state index in [4.69, 9.17) is 15.9 Å². The summed E-state index contributed by atoms with van der Waals surface area (Å²) in [5, 5.41) is 17.4. The fourth-order valence-electron chi connectivity index (χ4n) is 2.06. The number of rotatable bonds is 4. The zero-order chi connectivity index (χ0) is 11.4. The second kappa shape index (κ2) is 6.70. The predicted molar refractivity (Wildman–Crippen MR) is 60.6 cm³/mol. The summed E-state index contributed by atoms with van der Waals surface area (Å²) in [6.45, 7) is 0. The molecule has 6 heteroatoms. The average molecular weight is 252 g/mol. The number of hydrogen-bond donors (Lipinski definition) is 3. The third kappa shape index (κ3) is 4.37. The van der Waals surface area contributed by atoms with E-state index in [1.165, 1.54) is 0 Å². The summed E-state index contributed by atoms with van der Waals surface area (Å²) in [5.74, 6) is -3.54. The fourth-order valence-corrected chi connectivity index (χ4v) is 2.06. The van der Waals surface area contributed by atoms with Crippen molar-refractivity contribution in [2.45, 2.75) is 38.1 Å². The molecule has 0 radical (unpaired) electrons. The highest BCUT2D eigenvalue weighted by molar-refractivity contribution is 5.92. The summed E-state index contributed by atoms with van der Waals surface area (Å²) in [6, 6.07) is 0.203. The van der Waals surface area contributed by atoms with E-state index in [9.17, 15) is 9.59 Å². The molecule has 16 heavy (non-hydrogen) atoms. The van der Waals surface area contributed by atoms with Crippen molar-refractivity contribution in [2.24, 2.45) is 17.6 Å². The van der Waals surface area contributed by atoms with Gasteiger partial charge < -0.3 is 15.9 Å². The van der Waals surface area contributed by atoms with Gasteiger partial charge in [-0.2, -0.15) is 0 Å². The Labute approximate surface area is 100 Å². The molecule has 0 atom stereocenters. The van der Waals surface area contributed by atoms with Crippen molar-refractivity contribution in [1.29, 1.82) is 0 Å². The number of nitrogens with two attached hydrogens (primary N) is 1. The molecule has 0 amide bonds. The number of carbonyl (C=O) groups is 2. The van der Waals surface area contributed by atoms with E-state index in [-0.39, 0.29) is 30.8 Å². The number of carboxylic acids is 2. The van der Waals surface area contributed by atoms with Gasteiger partial charge in [-0.1, -0.05) is 0 Å². The number of halogens is 1. The molecule has 0 saturated heterocycles. The Bertz CT molecular complexity index is 237. The van der Waals surface area contributed by atoms with Gasteiger partial charge in [0, 0.05) is 6.04 Å². The second-order valence-corrected chi connectivity index (χ2v) is 4.25. The van der Waals surface area contributed by atoms with Crippen molar-refractivity contribution in [1.82, 2.24) is 0 Å². The Morgan fingerprint density at radius 2 is 1.56 bits per heavy atom. The molecule has 0 aliphatic heterocycles. The third-order valence-electron chi connectivity index (χ3n) is 3.06. The Morgan fingerprint density at radius 1 is 1.12 bits per heavy atom. The van der Waals surface area contributed by atoms with Crippen LogP contribution in [0.1, 0.15) is 32.1 Å². The van der Waals surface area contributed by atoms with Crippen LogP contribution in [-0.2, 0) is 9.59 Å². The summed E-state index contributed by atoms with van der Waals surface area (Å²) < 4.78 is 0. The molecule has 1 fully saturated rings. The summed E-state index contributed by atoms with van der Waals surface area (Å²) in [4.78, 5) is 21.3. The van der Waals surface area contributed by atoms with Crippen molar-refractivity contribution >= 4 is 24.3 Å². The van der Waals surface area contributed by atoms with Crippen LogP contribution < -0.4 is 5.73 Å². The molecular formula is C10H18ClNO4. The summed E-state index contributed by atoms with van der Waals surface area (Å²) in [6.07, 6.45) is 3.67. The lowest BCUT2D eigenvalue weighted by Crippen LogP contribution is -2.31. The molecule has 0 aromatic rings. The first-order chi connectivity index (χ1) is 7.00. The topological polar surface area (TPSA) is 101 Å². The van der Waals surface area contributed by atoms with E-state index in [0.29, 0.717) is 0 Å². The molecule has 0 spiro atoms. The van der Waals surface area contributed by atoms with E-state index in [1.807, 2.05) is 0 Å². The standard InChI is InChI=1S/C10H17NO4.ClH/c11-7-3-1-6(2-4-7)5-8(9(12)13)10(14)15;/h6-8H,1-5,11H2,(H,12,13)(H,14,15);1H. The molecule has 1 aliphatic rings. The lowest BCUT2D eigenvalue weighted by atomic mass is 9.81. The van der Waals surface area contributed by atoms with Crippen LogP contribution in [0.2, 0.25) is 0 Å². The molecule has 0 aromatic carbocycles. The van der Waals surface area contributed by atoms with Crippen LogP contribution in [0.25, 0.3) is 0 Å². The molecular weight excluding hydrogens is 234 g/mol. The van der Waals surface area contributed by atoms with E-state index in [1.54, 1.807) is 0 Å². The second-order valence-electron chi connectivity index (χ2n) is 4.25. The van der Waals surface area contributed by atoms with Crippen LogP contribution in [-0.4, -0.2) is 28.2 Å². The van der Waals surface area contributed by atoms with Gasteiger partial charge in [0.05, 0.1) is 0 Å². The van der Waals surface area contributed by atoms with Gasteiger partial charge in [0.25, 0.3) is 0 Å². The summed E-state index contributed by atoms with van der Waals surface area (Å²) in [5.41, 5.74) is 5.71. The first kappa shape index (κ1) is 15.2. The average Bonchev–Trinajstić information content (AvgIpc) is 2.15. The highest BCUT2D eigenvalue weighted by atomic mass is 35.5. The van der Waals surface area contributed by atoms with Crippen LogP contribution >= 0.6 is 12.4 Å². The zero-order valence-corrected chi connectivity index (χ0v) is 9.78. The van der Waals surface area contributed by atoms with Gasteiger partial charge in [0.2, 0.25) is 0 Å². The number of carboxylic acid groups (broad SMARTS) is 2. The highest BCUT2D eigenvalue weighted by Gasteiger charge is 2.30. The maximum absolute atomic E-state index is 10.7. The van der Waals surface area contributed by atoms with E-state index in [0.717, 1.165) is 25.7 Å². The predicted octanol–water partition coefficient (Wildman–Crippen LogP) is 1.10. The lowest BCUT2D eigenvalue weighted by Gasteiger charge is -2.26. The molecule has 0 heterocycles. The number of aliphatic carboxylic acids is 2. The van der Waals surface area contributed by atoms with E-state index >= 15 is 0 Å². The van der Waals surface area contributed by atoms with Gasteiger partial charge in [0.1, 0.15) is 0 Å². The molecule has 5 nitrogen and oxygen atoms in total. The van der Waals surface area contributed by atoms with Crippen LogP contribution in [0, 0.1) is 11.8 Å². The molecule has 0 aromatic heterocycles. The Kier molecular flexibility index (Phi) is 6.36. The van der Waals surface area contributed by atoms with E-state index < -0.39 is 17.9 Å². The molecule has 1 saturated carbocycles. The summed E-state index contributed by atoms with van der Waals surface area (Å²) in [7, 11) is 0. The largest absolute Gasteiger partial charge is 0.481 e. The zero-order valence-electron chi connectivity index (χ0n) is 8.96. The molecule has 1 aliphatic carbocycles. The van der Waals surface area contributed by atoms with Gasteiger partial charge in [-0.25, -0.2) is 0 Å². The maximum atomic E-state index is 10.7. The van der Waals surface area contributed by atoms with Crippen molar-refractivity contribution in [2.75, 3.05) is 0 Å². The van der Waals surface area contributed by atoms with Crippen molar-refractivity contribution < 1.29 is 19.8 Å². The third-order valence-corrected chi connectivity index (χ3v) is 3.06. The van der Waals surface area contributed by atoms with Gasteiger partial charge >= 0.3 is 11.9 Å². The lowest BCUT2D eigenvalue weighted by molar-refractivity contribution is -0.155. The quantitative estimate of drug-likeness (QED) is 0.650. The minimum atomic E-state index is -1.26. The van der Waals surface area contributed by atoms with Crippen LogP contribution in [0.3, 0.4) is 0 Å². The SMILES string of the molecule is Cl.NC1CCC(CC(C(=O)O)C(=O)O)CC1. The summed E-state index contributed by atoms with van der Waals surface area (Å²) >= 11 is 0. The van der Waals surface area contributed by atoms with E-state index in [2.05, 4.69) is 0 Å². The molecule has 0 unspecified atom stereocenters. The minimum Gasteiger partial charge on any atom is -0.481 e. The van der Waals surface area contributed by atoms with Crippen LogP contribution in [0.5, 0.6) is 0 Å². The molecule has 94 valence electrons.